The summed E-state index contributed by atoms with van der Waals surface area (Å²) in [7, 11) is -3.67. The van der Waals surface area contributed by atoms with Gasteiger partial charge in [-0.1, -0.05) is 36.9 Å². The minimum atomic E-state index is -3.67. The van der Waals surface area contributed by atoms with Gasteiger partial charge in [0.15, 0.2) is 0 Å². The van der Waals surface area contributed by atoms with E-state index in [2.05, 4.69) is 6.58 Å². The van der Waals surface area contributed by atoms with Gasteiger partial charge in [-0.25, -0.2) is 4.79 Å². The third-order valence-corrected chi connectivity index (χ3v) is 3.33. The molecule has 0 N–H and O–H groups in total. The fraction of sp³-hybridized carbons (Fsp3) is 0.308. The van der Waals surface area contributed by atoms with Crippen molar-refractivity contribution in [1.29, 1.82) is 0 Å². The highest BCUT2D eigenvalue weighted by Crippen LogP contribution is 2.07. The van der Waals surface area contributed by atoms with Crippen LogP contribution in [-0.2, 0) is 29.6 Å². The van der Waals surface area contributed by atoms with Gasteiger partial charge in [-0.05, 0) is 12.5 Å². The van der Waals surface area contributed by atoms with Crippen molar-refractivity contribution in [3.05, 3.63) is 48.0 Å². The van der Waals surface area contributed by atoms with Crippen molar-refractivity contribution in [3.8, 4) is 0 Å². The second kappa shape index (κ2) is 7.06. The zero-order chi connectivity index (χ0) is 14.3. The predicted molar refractivity (Wildman–Crippen MR) is 70.8 cm³/mol. The molecular formula is C13H16O5S. The van der Waals surface area contributed by atoms with Crippen LogP contribution in [0.3, 0.4) is 0 Å². The molecular weight excluding hydrogens is 268 g/mol. The fourth-order valence-electron chi connectivity index (χ4n) is 1.24. The molecule has 0 saturated carbocycles. The molecule has 0 radical (unpaired) electrons. The van der Waals surface area contributed by atoms with Gasteiger partial charge in [0.25, 0.3) is 10.1 Å². The van der Waals surface area contributed by atoms with Crippen LogP contribution in [0, 0.1) is 0 Å². The third kappa shape index (κ3) is 6.17. The lowest BCUT2D eigenvalue weighted by Gasteiger charge is -2.06. The van der Waals surface area contributed by atoms with Crippen LogP contribution in [0.25, 0.3) is 0 Å². The first-order valence-electron chi connectivity index (χ1n) is 5.64. The smallest absolute Gasteiger partial charge is 0.333 e. The van der Waals surface area contributed by atoms with E-state index in [-0.39, 0.29) is 24.5 Å². The molecule has 0 aliphatic rings. The van der Waals surface area contributed by atoms with E-state index in [0.717, 1.165) is 0 Å². The lowest BCUT2D eigenvalue weighted by atomic mass is 10.2. The van der Waals surface area contributed by atoms with Crippen molar-refractivity contribution in [3.63, 3.8) is 0 Å². The molecule has 6 heteroatoms. The molecule has 0 spiro atoms. The van der Waals surface area contributed by atoms with Gasteiger partial charge >= 0.3 is 5.97 Å². The Labute approximate surface area is 113 Å². The number of esters is 1. The molecule has 0 unspecified atom stereocenters. The van der Waals surface area contributed by atoms with E-state index in [1.807, 2.05) is 0 Å². The van der Waals surface area contributed by atoms with Gasteiger partial charge in [0.2, 0.25) is 0 Å². The van der Waals surface area contributed by atoms with Crippen LogP contribution < -0.4 is 0 Å². The largest absolute Gasteiger partial charge is 0.460 e. The maximum absolute atomic E-state index is 11.6. The number of hydrogen-bond donors (Lipinski definition) is 0. The van der Waals surface area contributed by atoms with E-state index in [1.54, 1.807) is 30.3 Å². The minimum Gasteiger partial charge on any atom is -0.460 e. The number of carbonyl (C=O) groups is 1. The molecule has 1 aromatic rings. The zero-order valence-corrected chi connectivity index (χ0v) is 11.5. The lowest BCUT2D eigenvalue weighted by molar-refractivity contribution is -0.139. The van der Waals surface area contributed by atoms with E-state index < -0.39 is 16.1 Å². The lowest BCUT2D eigenvalue weighted by Crippen LogP contribution is -2.15. The molecule has 5 nitrogen and oxygen atoms in total. The highest BCUT2D eigenvalue weighted by atomic mass is 32.2. The van der Waals surface area contributed by atoms with Crippen molar-refractivity contribution < 1.29 is 22.1 Å². The molecule has 0 saturated heterocycles. The number of rotatable bonds is 7. The molecule has 0 atom stereocenters. The normalized spacial score (nSPS) is 11.0. The number of ether oxygens (including phenoxy) is 1. The first-order chi connectivity index (χ1) is 8.91. The Morgan fingerprint density at radius 2 is 1.84 bits per heavy atom. The zero-order valence-electron chi connectivity index (χ0n) is 10.7. The van der Waals surface area contributed by atoms with E-state index in [1.165, 1.54) is 6.92 Å². The van der Waals surface area contributed by atoms with E-state index in [4.69, 9.17) is 8.92 Å². The van der Waals surface area contributed by atoms with Gasteiger partial charge < -0.3 is 4.74 Å². The first kappa shape index (κ1) is 15.4. The molecule has 0 aromatic heterocycles. The SMILES string of the molecule is C=C(C)C(=O)OCCOS(=O)(=O)Cc1ccccc1. The highest BCUT2D eigenvalue weighted by molar-refractivity contribution is 7.85. The number of benzene rings is 1. The summed E-state index contributed by atoms with van der Waals surface area (Å²) in [5, 5.41) is 0. The standard InChI is InChI=1S/C13H16O5S/c1-11(2)13(14)17-8-9-18-19(15,16)10-12-6-4-3-5-7-12/h3-7H,1,8-10H2,2H3. The van der Waals surface area contributed by atoms with E-state index in [0.29, 0.717) is 5.56 Å². The molecule has 1 aromatic carbocycles. The quantitative estimate of drug-likeness (QED) is 0.329. The van der Waals surface area contributed by atoms with Crippen LogP contribution in [0.1, 0.15) is 12.5 Å². The van der Waals surface area contributed by atoms with Crippen molar-refractivity contribution in [2.45, 2.75) is 12.7 Å². The Kier molecular flexibility index (Phi) is 5.72. The number of hydrogen-bond acceptors (Lipinski definition) is 5. The molecule has 19 heavy (non-hydrogen) atoms. The Hall–Kier alpha value is -1.66. The maximum Gasteiger partial charge on any atom is 0.333 e. The van der Waals surface area contributed by atoms with Crippen LogP contribution in [-0.4, -0.2) is 27.6 Å². The van der Waals surface area contributed by atoms with Gasteiger partial charge in [0.1, 0.15) is 19.0 Å². The predicted octanol–water partition coefficient (Wildman–Crippen LogP) is 1.65. The first-order valence-corrected chi connectivity index (χ1v) is 7.22. The van der Waals surface area contributed by atoms with Crippen molar-refractivity contribution in [2.24, 2.45) is 0 Å². The second-order valence-electron chi connectivity index (χ2n) is 3.93. The monoisotopic (exact) mass is 284 g/mol. The molecule has 0 amide bonds. The van der Waals surface area contributed by atoms with Gasteiger partial charge in [-0.3, -0.25) is 4.18 Å². The molecule has 0 aliphatic carbocycles. The topological polar surface area (TPSA) is 69.7 Å². The van der Waals surface area contributed by atoms with Crippen LogP contribution in [0.4, 0.5) is 0 Å². The molecule has 0 bridgehead atoms. The summed E-state index contributed by atoms with van der Waals surface area (Å²) in [5.74, 6) is -0.772. The molecule has 1 rings (SSSR count). The molecule has 0 fully saturated rings. The van der Waals surface area contributed by atoms with Gasteiger partial charge in [0.05, 0.1) is 0 Å². The summed E-state index contributed by atoms with van der Waals surface area (Å²) in [5.41, 5.74) is 0.897. The number of carbonyl (C=O) groups excluding carboxylic acids is 1. The summed E-state index contributed by atoms with van der Waals surface area (Å²) in [4.78, 5) is 11.0. The molecule has 0 heterocycles. The van der Waals surface area contributed by atoms with Crippen molar-refractivity contribution in [2.75, 3.05) is 13.2 Å². The van der Waals surface area contributed by atoms with Crippen LogP contribution >= 0.6 is 0 Å². The highest BCUT2D eigenvalue weighted by Gasteiger charge is 2.12. The Bertz CT molecular complexity index is 533. The summed E-state index contributed by atoms with van der Waals surface area (Å²) in [6.07, 6.45) is 0. The minimum absolute atomic E-state index is 0.125. The van der Waals surface area contributed by atoms with Gasteiger partial charge in [-0.2, -0.15) is 8.42 Å². The van der Waals surface area contributed by atoms with Crippen molar-refractivity contribution >= 4 is 16.1 Å². The summed E-state index contributed by atoms with van der Waals surface area (Å²) < 4.78 is 32.6. The Morgan fingerprint density at radius 3 is 2.42 bits per heavy atom. The van der Waals surface area contributed by atoms with Crippen molar-refractivity contribution in [1.82, 2.24) is 0 Å². The van der Waals surface area contributed by atoms with E-state index >= 15 is 0 Å². The fourth-order valence-corrected chi connectivity index (χ4v) is 2.24. The van der Waals surface area contributed by atoms with Crippen LogP contribution in [0.5, 0.6) is 0 Å². The molecule has 0 aliphatic heterocycles. The third-order valence-electron chi connectivity index (χ3n) is 2.11. The molecule has 104 valence electrons. The van der Waals surface area contributed by atoms with Gasteiger partial charge in [0, 0.05) is 5.57 Å². The Morgan fingerprint density at radius 1 is 1.21 bits per heavy atom. The maximum atomic E-state index is 11.6. The summed E-state index contributed by atoms with van der Waals surface area (Å²) >= 11 is 0. The van der Waals surface area contributed by atoms with Gasteiger partial charge in [-0.15, -0.1) is 0 Å². The van der Waals surface area contributed by atoms with Crippen LogP contribution in [0.15, 0.2) is 42.5 Å². The second-order valence-corrected chi connectivity index (χ2v) is 5.57. The average molecular weight is 284 g/mol. The Balaban J connectivity index is 2.36. The van der Waals surface area contributed by atoms with E-state index in [9.17, 15) is 13.2 Å². The average Bonchev–Trinajstić information content (AvgIpc) is 2.35. The van der Waals surface area contributed by atoms with Crippen LogP contribution in [0.2, 0.25) is 0 Å². The summed E-state index contributed by atoms with van der Waals surface area (Å²) in [6, 6.07) is 8.69. The summed E-state index contributed by atoms with van der Waals surface area (Å²) in [6.45, 7) is 4.59.